The third-order valence-corrected chi connectivity index (χ3v) is 10.4. The van der Waals surface area contributed by atoms with Crippen molar-refractivity contribution in [3.8, 4) is 17.2 Å². The summed E-state index contributed by atoms with van der Waals surface area (Å²) in [5, 5.41) is 4.40. The van der Waals surface area contributed by atoms with E-state index in [0.717, 1.165) is 9.87 Å². The van der Waals surface area contributed by atoms with E-state index in [9.17, 15) is 13.2 Å². The third kappa shape index (κ3) is 8.85. The molecular weight excluding hydrogens is 708 g/mol. The van der Waals surface area contributed by atoms with Crippen molar-refractivity contribution in [1.29, 1.82) is 0 Å². The lowest BCUT2D eigenvalue weighted by atomic mass is 9.81. The average Bonchev–Trinajstić information content (AvgIpc) is 3.52. The largest absolute Gasteiger partial charge is 0.497 e. The molecule has 274 valence electrons. The fourth-order valence-corrected chi connectivity index (χ4v) is 7.44. The van der Waals surface area contributed by atoms with E-state index in [1.807, 2.05) is 12.1 Å². The van der Waals surface area contributed by atoms with Crippen LogP contribution in [0, 0.1) is 24.5 Å². The molecule has 11 nitrogen and oxygen atoms in total. The minimum atomic E-state index is -4.78. The maximum Gasteiger partial charge on any atom is 0.410 e. The molecule has 1 aliphatic heterocycles. The Morgan fingerprint density at radius 1 is 1.02 bits per heavy atom. The highest BCUT2D eigenvalue weighted by Crippen LogP contribution is 2.37. The number of benzene rings is 3. The number of halogens is 3. The second-order valence-electron chi connectivity index (χ2n) is 13.1. The standard InChI is InChI=1S/C36H40ClF2N3O8S/c1-22-15-34(40-50-22)42(20-24-9-12-27(46-5)16-31(24)47-6)51(44,45)33-18-29(38)32(17-30(33)39)48-21-25-19-41(35(43)49-36(2,3)4)14-13-28(25)23-7-10-26(37)11-8-23/h7-12,15-18,25,28H,13-14,19-21H2,1-6H3. The van der Waals surface area contributed by atoms with Crippen LogP contribution >= 0.6 is 11.6 Å². The van der Waals surface area contributed by atoms with E-state index in [4.69, 9.17) is 35.1 Å². The zero-order valence-corrected chi connectivity index (χ0v) is 30.7. The number of rotatable bonds is 11. The lowest BCUT2D eigenvalue weighted by molar-refractivity contribution is 0.0110. The zero-order chi connectivity index (χ0) is 37.1. The first-order valence-corrected chi connectivity index (χ1v) is 17.9. The van der Waals surface area contributed by atoms with Gasteiger partial charge in [-0.15, -0.1) is 0 Å². The lowest BCUT2D eigenvalue weighted by Crippen LogP contribution is -2.46. The van der Waals surface area contributed by atoms with Crippen LogP contribution in [0.1, 0.15) is 50.0 Å². The Balaban J connectivity index is 1.42. The highest BCUT2D eigenvalue weighted by Gasteiger charge is 2.36. The first-order valence-electron chi connectivity index (χ1n) is 16.1. The third-order valence-electron chi connectivity index (χ3n) is 8.37. The minimum absolute atomic E-state index is 0.108. The summed E-state index contributed by atoms with van der Waals surface area (Å²) in [6.07, 6.45) is 0.0622. The number of likely N-dealkylation sites (tertiary alicyclic amines) is 1. The molecule has 0 radical (unpaired) electrons. The summed E-state index contributed by atoms with van der Waals surface area (Å²) < 4.78 is 87.7. The van der Waals surface area contributed by atoms with Gasteiger partial charge in [-0.1, -0.05) is 28.9 Å². The molecule has 15 heteroatoms. The first kappa shape index (κ1) is 37.7. The van der Waals surface area contributed by atoms with E-state index in [1.165, 1.54) is 20.3 Å². The molecule has 0 saturated carbocycles. The number of methoxy groups -OCH3 is 2. The number of hydrogen-bond acceptors (Lipinski definition) is 9. The molecule has 1 aliphatic rings. The van der Waals surface area contributed by atoms with Crippen LogP contribution in [0.2, 0.25) is 5.02 Å². The van der Waals surface area contributed by atoms with Crippen LogP contribution in [0.5, 0.6) is 17.2 Å². The van der Waals surface area contributed by atoms with E-state index in [0.29, 0.717) is 52.9 Å². The Morgan fingerprint density at radius 3 is 2.37 bits per heavy atom. The van der Waals surface area contributed by atoms with Gasteiger partial charge in [0.1, 0.15) is 33.6 Å². The average molecular weight is 748 g/mol. The fourth-order valence-electron chi connectivity index (χ4n) is 5.87. The summed E-state index contributed by atoms with van der Waals surface area (Å²) in [4.78, 5) is 13.6. The number of carbonyl (C=O) groups is 1. The molecule has 1 saturated heterocycles. The molecule has 2 atom stereocenters. The normalized spacial score (nSPS) is 16.5. The Hall–Kier alpha value is -4.56. The Bertz CT molecular complexity index is 1970. The molecule has 0 N–H and O–H groups in total. The van der Waals surface area contributed by atoms with Gasteiger partial charge in [-0.2, -0.15) is 0 Å². The van der Waals surface area contributed by atoms with E-state index >= 15 is 8.78 Å². The van der Waals surface area contributed by atoms with Crippen molar-refractivity contribution in [3.05, 3.63) is 94.2 Å². The predicted octanol–water partition coefficient (Wildman–Crippen LogP) is 7.75. The quantitative estimate of drug-likeness (QED) is 0.152. The number of carbonyl (C=O) groups excluding carboxylic acids is 1. The van der Waals surface area contributed by atoms with Gasteiger partial charge in [-0.3, -0.25) is 0 Å². The molecule has 0 spiro atoms. The topological polar surface area (TPSA) is 121 Å². The number of sulfonamides is 1. The summed E-state index contributed by atoms with van der Waals surface area (Å²) in [7, 11) is -1.90. The maximum atomic E-state index is 15.8. The Labute approximate surface area is 301 Å². The van der Waals surface area contributed by atoms with Crippen molar-refractivity contribution in [2.24, 2.45) is 5.92 Å². The molecule has 0 aliphatic carbocycles. The summed E-state index contributed by atoms with van der Waals surface area (Å²) in [6, 6.07) is 14.7. The van der Waals surface area contributed by atoms with Crippen LogP contribution in [0.25, 0.3) is 0 Å². The minimum Gasteiger partial charge on any atom is -0.497 e. The lowest BCUT2D eigenvalue weighted by Gasteiger charge is -2.39. The molecule has 4 aromatic rings. The number of aryl methyl sites for hydroxylation is 1. The van der Waals surface area contributed by atoms with Gasteiger partial charge in [0, 0.05) is 53.9 Å². The van der Waals surface area contributed by atoms with Gasteiger partial charge in [-0.25, -0.2) is 26.3 Å². The summed E-state index contributed by atoms with van der Waals surface area (Å²) in [5.41, 5.74) is 0.634. The molecule has 1 fully saturated rings. The van der Waals surface area contributed by atoms with Crippen molar-refractivity contribution < 1.29 is 45.5 Å². The highest BCUT2D eigenvalue weighted by molar-refractivity contribution is 7.92. The van der Waals surface area contributed by atoms with Crippen LogP contribution in [0.3, 0.4) is 0 Å². The molecule has 51 heavy (non-hydrogen) atoms. The van der Waals surface area contributed by atoms with E-state index < -0.39 is 44.0 Å². The number of amides is 1. The van der Waals surface area contributed by atoms with Gasteiger partial charge < -0.3 is 28.4 Å². The van der Waals surface area contributed by atoms with Crippen molar-refractivity contribution in [3.63, 3.8) is 0 Å². The van der Waals surface area contributed by atoms with E-state index in [1.54, 1.807) is 62.9 Å². The smallest absolute Gasteiger partial charge is 0.410 e. The molecule has 3 aromatic carbocycles. The van der Waals surface area contributed by atoms with Crippen LogP contribution < -0.4 is 18.5 Å². The second kappa shape index (κ2) is 15.4. The van der Waals surface area contributed by atoms with Gasteiger partial charge in [-0.05, 0) is 69.9 Å². The summed E-state index contributed by atoms with van der Waals surface area (Å²) in [6.45, 7) is 7.05. The zero-order valence-electron chi connectivity index (χ0n) is 29.1. The SMILES string of the molecule is COc1ccc(CN(c2cc(C)on2)S(=O)(=O)c2cc(F)c(OCC3CN(C(=O)OC(C)(C)C)CCC3c3ccc(Cl)cc3)cc2F)c(OC)c1. The number of ether oxygens (including phenoxy) is 4. The van der Waals surface area contributed by atoms with Crippen LogP contribution in [-0.2, 0) is 21.3 Å². The molecular formula is C36H40ClF2N3O8S. The second-order valence-corrected chi connectivity index (χ2v) is 15.4. The fraction of sp³-hybridized carbons (Fsp3) is 0.389. The van der Waals surface area contributed by atoms with Crippen molar-refractivity contribution in [2.75, 3.05) is 38.2 Å². The van der Waals surface area contributed by atoms with Gasteiger partial charge in [0.2, 0.25) is 0 Å². The number of hydrogen-bond donors (Lipinski definition) is 0. The van der Waals surface area contributed by atoms with Crippen LogP contribution in [0.15, 0.2) is 70.1 Å². The number of nitrogens with zero attached hydrogens (tertiary/aromatic N) is 3. The number of piperidine rings is 1. The van der Waals surface area contributed by atoms with Crippen LogP contribution in [0.4, 0.5) is 19.4 Å². The summed E-state index contributed by atoms with van der Waals surface area (Å²) in [5.74, 6) is -2.38. The monoisotopic (exact) mass is 747 g/mol. The Morgan fingerprint density at radius 2 is 1.75 bits per heavy atom. The number of aromatic nitrogens is 1. The van der Waals surface area contributed by atoms with Crippen molar-refractivity contribution in [1.82, 2.24) is 10.1 Å². The van der Waals surface area contributed by atoms with Gasteiger partial charge >= 0.3 is 6.09 Å². The van der Waals surface area contributed by atoms with Crippen LogP contribution in [-0.4, -0.2) is 64.1 Å². The van der Waals surface area contributed by atoms with Crippen molar-refractivity contribution in [2.45, 2.75) is 57.1 Å². The Kier molecular flexibility index (Phi) is 11.3. The molecule has 5 rings (SSSR count). The highest BCUT2D eigenvalue weighted by atomic mass is 35.5. The van der Waals surface area contributed by atoms with Crippen molar-refractivity contribution >= 4 is 33.5 Å². The molecule has 2 unspecified atom stereocenters. The maximum absolute atomic E-state index is 15.8. The predicted molar refractivity (Wildman–Crippen MR) is 186 cm³/mol. The van der Waals surface area contributed by atoms with Gasteiger partial charge in [0.25, 0.3) is 10.0 Å². The molecule has 2 heterocycles. The molecule has 0 bridgehead atoms. The summed E-state index contributed by atoms with van der Waals surface area (Å²) >= 11 is 6.12. The molecule has 1 amide bonds. The van der Waals surface area contributed by atoms with E-state index in [2.05, 4.69) is 5.16 Å². The first-order chi connectivity index (χ1) is 24.1. The number of anilines is 1. The molecule has 1 aromatic heterocycles. The van der Waals surface area contributed by atoms with Gasteiger partial charge in [0.05, 0.1) is 27.4 Å². The van der Waals surface area contributed by atoms with E-state index in [-0.39, 0.29) is 37.4 Å². The van der Waals surface area contributed by atoms with Gasteiger partial charge in [0.15, 0.2) is 17.4 Å².